The summed E-state index contributed by atoms with van der Waals surface area (Å²) < 4.78 is 0. The molecule has 0 aliphatic heterocycles. The number of aliphatic carboxylic acids is 4. The van der Waals surface area contributed by atoms with Crippen molar-refractivity contribution in [1.29, 1.82) is 0 Å². The second-order valence-electron chi connectivity index (χ2n) is 11.2. The minimum Gasteiger partial charge on any atom is -0.480 e. The number of unbranched alkanes of at least 4 members (excludes halogenated alkanes) is 1. The van der Waals surface area contributed by atoms with Gasteiger partial charge in [-0.1, -0.05) is 7.43 Å². The molecule has 5 atom stereocenters. The topological polar surface area (TPSA) is 338 Å². The largest absolute Gasteiger partial charge is 0.480 e. The smallest absolute Gasteiger partial charge is 0.326 e. The fourth-order valence-corrected chi connectivity index (χ4v) is 4.18. The van der Waals surface area contributed by atoms with Gasteiger partial charge < -0.3 is 52.7 Å². The predicted molar refractivity (Wildman–Crippen MR) is 173 cm³/mol. The molecule has 11 N–H and O–H groups in total. The second kappa shape index (κ2) is 24.9. The Balaban J connectivity index is 0. The van der Waals surface area contributed by atoms with Crippen molar-refractivity contribution in [2.45, 2.75) is 122 Å². The van der Waals surface area contributed by atoms with Crippen LogP contribution in [0.5, 0.6) is 0 Å². The van der Waals surface area contributed by atoms with Crippen molar-refractivity contribution in [1.82, 2.24) is 26.6 Å². The number of nitrogens with one attached hydrogen (secondary N) is 5. The van der Waals surface area contributed by atoms with E-state index in [1.54, 1.807) is 0 Å². The fraction of sp³-hybridized carbons (Fsp3) is 0.667. The van der Waals surface area contributed by atoms with Gasteiger partial charge in [-0.3, -0.25) is 28.8 Å². The summed E-state index contributed by atoms with van der Waals surface area (Å²) in [5.41, 5.74) is 5.63. The highest BCUT2D eigenvalue weighted by molar-refractivity contribution is 5.88. The number of nitrogens with two attached hydrogens (primary N) is 1. The summed E-state index contributed by atoms with van der Waals surface area (Å²) in [5.74, 6) is -9.83. The number of carbonyl (C=O) groups is 10. The van der Waals surface area contributed by atoms with Gasteiger partial charge in [0.25, 0.3) is 0 Å². The molecular formula is C30H50N6O14. The van der Waals surface area contributed by atoms with E-state index in [0.717, 1.165) is 6.92 Å². The third-order valence-electron chi connectivity index (χ3n) is 7.00. The Bertz CT molecular complexity index is 1230. The monoisotopic (exact) mass is 718 g/mol. The normalized spacial score (nSPS) is 13.4. The second-order valence-corrected chi connectivity index (χ2v) is 11.2. The van der Waals surface area contributed by atoms with Gasteiger partial charge in [0.15, 0.2) is 0 Å². The Morgan fingerprint density at radius 1 is 0.500 bits per heavy atom. The lowest BCUT2D eigenvalue weighted by molar-refractivity contribution is -0.144. The summed E-state index contributed by atoms with van der Waals surface area (Å²) in [6.45, 7) is 2.73. The minimum absolute atomic E-state index is 0. The van der Waals surface area contributed by atoms with Crippen LogP contribution in [0.15, 0.2) is 0 Å². The Kier molecular flexibility index (Phi) is 23.4. The number of hydrogen-bond donors (Lipinski definition) is 10. The highest BCUT2D eigenvalue weighted by Crippen LogP contribution is 2.06. The van der Waals surface area contributed by atoms with Crippen LogP contribution in [0.2, 0.25) is 0 Å². The third kappa shape index (κ3) is 21.7. The summed E-state index contributed by atoms with van der Waals surface area (Å²) in [6.07, 6.45) is -1.76. The average Bonchev–Trinajstić information content (AvgIpc) is 3.00. The van der Waals surface area contributed by atoms with Crippen LogP contribution < -0.4 is 32.3 Å². The molecule has 20 heteroatoms. The van der Waals surface area contributed by atoms with E-state index >= 15 is 0 Å². The van der Waals surface area contributed by atoms with E-state index in [4.69, 9.17) is 10.8 Å². The van der Waals surface area contributed by atoms with Crippen LogP contribution in [-0.4, -0.2) is 116 Å². The van der Waals surface area contributed by atoms with Crippen molar-refractivity contribution in [2.24, 2.45) is 5.73 Å². The van der Waals surface area contributed by atoms with Gasteiger partial charge in [-0.25, -0.2) is 19.2 Å². The molecule has 0 aromatic heterocycles. The fourth-order valence-electron chi connectivity index (χ4n) is 4.18. The van der Waals surface area contributed by atoms with Crippen molar-refractivity contribution < 1.29 is 68.4 Å². The molecule has 0 spiro atoms. The Morgan fingerprint density at radius 2 is 0.820 bits per heavy atom. The standard InChI is InChI=1S/C29H46N6O14.CH4/c1-15(36)17(30)5-3-4-14-31-22(38)10-6-19(27(44)45)33-24(40)12-8-21(29(48)49)35-25(41)13-9-20(28(46)47)34-23(39)11-7-18(26(42)43)32-16(2)37;/h17-21H,3-14,30H2,1-2H3,(H,31,38)(H,32,37)(H,33,40)(H,34,39)(H,35,41)(H,42,43)(H,44,45)(H,46,47)(H,48,49);1H4/t17-,18?,19-,20-,21?;/m0./s1. The van der Waals surface area contributed by atoms with Crippen molar-refractivity contribution >= 4 is 59.2 Å². The van der Waals surface area contributed by atoms with Crippen LogP contribution in [-0.2, 0) is 47.9 Å². The maximum atomic E-state index is 12.4. The highest BCUT2D eigenvalue weighted by Gasteiger charge is 2.27. The molecule has 0 aromatic rings. The quantitative estimate of drug-likeness (QED) is 0.0443. The first kappa shape index (κ1) is 47.0. The molecule has 0 radical (unpaired) electrons. The van der Waals surface area contributed by atoms with Gasteiger partial charge in [0.1, 0.15) is 30.0 Å². The number of hydrogen-bond acceptors (Lipinski definition) is 11. The number of ketones is 1. The Morgan fingerprint density at radius 3 is 1.12 bits per heavy atom. The van der Waals surface area contributed by atoms with E-state index in [-0.39, 0.29) is 39.0 Å². The molecular weight excluding hydrogens is 668 g/mol. The molecule has 5 amide bonds. The molecule has 20 nitrogen and oxygen atoms in total. The summed E-state index contributed by atoms with van der Waals surface area (Å²) in [7, 11) is 0. The molecule has 284 valence electrons. The maximum Gasteiger partial charge on any atom is 0.326 e. The van der Waals surface area contributed by atoms with Crippen molar-refractivity contribution in [2.75, 3.05) is 6.54 Å². The van der Waals surface area contributed by atoms with Gasteiger partial charge in [-0.15, -0.1) is 0 Å². The molecule has 0 heterocycles. The summed E-state index contributed by atoms with van der Waals surface area (Å²) in [4.78, 5) is 117. The van der Waals surface area contributed by atoms with Gasteiger partial charge in [-0.05, 0) is 51.9 Å². The molecule has 0 saturated heterocycles. The van der Waals surface area contributed by atoms with Crippen molar-refractivity contribution in [3.63, 3.8) is 0 Å². The molecule has 0 bridgehead atoms. The van der Waals surface area contributed by atoms with Gasteiger partial charge >= 0.3 is 23.9 Å². The van der Waals surface area contributed by atoms with Crippen molar-refractivity contribution in [3.8, 4) is 0 Å². The number of rotatable bonds is 26. The van der Waals surface area contributed by atoms with Crippen LogP contribution >= 0.6 is 0 Å². The number of carboxylic acid groups (broad SMARTS) is 4. The zero-order chi connectivity index (χ0) is 37.7. The SMILES string of the molecule is C.CC(=O)NC(CCC(=O)N[C@@H](CCC(=O)NC(CCC(=O)N[C@@H](CCC(=O)NCCCC[C@H](N)C(C)=O)C(=O)O)C(=O)O)C(=O)O)C(=O)O. The lowest BCUT2D eigenvalue weighted by Crippen LogP contribution is -2.45. The van der Waals surface area contributed by atoms with Crippen LogP contribution in [0.1, 0.15) is 91.9 Å². The zero-order valence-electron chi connectivity index (χ0n) is 27.3. The first-order valence-electron chi connectivity index (χ1n) is 15.4. The average molecular weight is 719 g/mol. The number of carbonyl (C=O) groups excluding carboxylic acids is 6. The molecule has 0 fully saturated rings. The third-order valence-corrected chi connectivity index (χ3v) is 7.00. The Hall–Kier alpha value is -5.14. The summed E-state index contributed by atoms with van der Waals surface area (Å²) in [6, 6.07) is -6.64. The van der Waals surface area contributed by atoms with Crippen LogP contribution in [0.4, 0.5) is 0 Å². The van der Waals surface area contributed by atoms with Gasteiger partial charge in [0, 0.05) is 39.2 Å². The van der Waals surface area contributed by atoms with Gasteiger partial charge in [-0.2, -0.15) is 0 Å². The molecule has 0 rings (SSSR count). The lowest BCUT2D eigenvalue weighted by atomic mass is 10.1. The number of Topliss-reactive ketones (excluding diaryl/α,β-unsaturated/α-hetero) is 1. The molecule has 0 aromatic carbocycles. The van der Waals surface area contributed by atoms with Gasteiger partial charge in [0.05, 0.1) is 6.04 Å². The zero-order valence-corrected chi connectivity index (χ0v) is 27.3. The Labute approximate surface area is 288 Å². The highest BCUT2D eigenvalue weighted by atomic mass is 16.4. The van der Waals surface area contributed by atoms with Gasteiger partial charge in [0.2, 0.25) is 29.5 Å². The number of carboxylic acids is 4. The van der Waals surface area contributed by atoms with E-state index < -0.39 is 116 Å². The molecule has 2 unspecified atom stereocenters. The van der Waals surface area contributed by atoms with E-state index in [9.17, 15) is 63.3 Å². The first-order chi connectivity index (χ1) is 22.8. The molecule has 0 aliphatic rings. The van der Waals surface area contributed by atoms with E-state index in [1.165, 1.54) is 6.92 Å². The van der Waals surface area contributed by atoms with E-state index in [0.29, 0.717) is 19.3 Å². The van der Waals surface area contributed by atoms with Crippen LogP contribution in [0.25, 0.3) is 0 Å². The van der Waals surface area contributed by atoms with Crippen LogP contribution in [0.3, 0.4) is 0 Å². The van der Waals surface area contributed by atoms with Crippen LogP contribution in [0, 0.1) is 0 Å². The first-order valence-corrected chi connectivity index (χ1v) is 15.4. The summed E-state index contributed by atoms with van der Waals surface area (Å²) >= 11 is 0. The van der Waals surface area contributed by atoms with E-state index in [1.807, 2.05) is 0 Å². The minimum atomic E-state index is -1.61. The molecule has 50 heavy (non-hydrogen) atoms. The summed E-state index contributed by atoms with van der Waals surface area (Å²) in [5, 5.41) is 48.5. The molecule has 0 aliphatic carbocycles. The maximum absolute atomic E-state index is 12.4. The molecule has 0 saturated carbocycles. The number of amides is 5. The van der Waals surface area contributed by atoms with E-state index in [2.05, 4.69) is 26.6 Å². The lowest BCUT2D eigenvalue weighted by Gasteiger charge is -2.18. The predicted octanol–water partition coefficient (Wildman–Crippen LogP) is -1.76. The van der Waals surface area contributed by atoms with Crippen molar-refractivity contribution in [3.05, 3.63) is 0 Å².